The molecule has 13 rings (SSSR count). The number of carbonyl (C=O) groups excluding carboxylic acids is 1. The molecule has 28 heteroatoms. The third-order valence-electron chi connectivity index (χ3n) is 26.9. The van der Waals surface area contributed by atoms with Gasteiger partial charge in [0.15, 0.2) is 37.7 Å². The van der Waals surface area contributed by atoms with Gasteiger partial charge in [0.2, 0.25) is 0 Å². The van der Waals surface area contributed by atoms with Gasteiger partial charge in [-0.2, -0.15) is 0 Å². The van der Waals surface area contributed by atoms with Crippen LogP contribution in [-0.2, 0) is 109 Å². The van der Waals surface area contributed by atoms with Gasteiger partial charge in [-0.25, -0.2) is 0 Å². The summed E-state index contributed by atoms with van der Waals surface area (Å²) in [6.07, 6.45) is -18.6. The van der Waals surface area contributed by atoms with E-state index >= 15 is 0 Å². The van der Waals surface area contributed by atoms with Crippen LogP contribution in [0.1, 0.15) is 134 Å². The smallest absolute Gasteiger partial charge is 0.302 e. The van der Waals surface area contributed by atoms with Crippen LogP contribution >= 0.6 is 0 Å². The summed E-state index contributed by atoms with van der Waals surface area (Å²) < 4.78 is 128. The molecule has 0 bridgehead atoms. The van der Waals surface area contributed by atoms with Crippen LogP contribution in [0.4, 0.5) is 0 Å². The van der Waals surface area contributed by atoms with Crippen molar-refractivity contribution in [2.75, 3.05) is 26.9 Å². The van der Waals surface area contributed by atoms with E-state index in [-0.39, 0.29) is 56.5 Å². The predicted molar refractivity (Wildman–Crippen MR) is 485 cm³/mol. The number of carbonyl (C=O) groups is 1. The second kappa shape index (κ2) is 43.6. The first-order valence-corrected chi connectivity index (χ1v) is 48.9. The molecule has 6 aliphatic rings. The molecule has 0 radical (unpaired) electrons. The number of ether oxygens (including phenoxy) is 16. The van der Waals surface area contributed by atoms with E-state index in [0.29, 0.717) is 0 Å². The second-order valence-corrected chi connectivity index (χ2v) is 46.0. The molecule has 6 aliphatic heterocycles. The van der Waals surface area contributed by atoms with E-state index in [2.05, 4.69) is 155 Å². The summed E-state index contributed by atoms with van der Waals surface area (Å²) in [7, 11) is -4.81. The molecule has 6 saturated heterocycles. The van der Waals surface area contributed by atoms with Crippen LogP contribution in [0.25, 0.3) is 20.9 Å². The zero-order valence-electron chi connectivity index (χ0n) is 76.7. The first-order valence-electron chi connectivity index (χ1n) is 45.1. The lowest BCUT2D eigenvalue weighted by atomic mass is 9.84. The molecule has 0 spiro atoms. The number of nitrogens with zero attached hydrogens (tertiary/aromatic N) is 6. The molecular formula is C99H132N6O20Si2. The van der Waals surface area contributed by atoms with E-state index < -0.39 is 199 Å². The van der Waals surface area contributed by atoms with Crippen molar-refractivity contribution in [3.05, 3.63) is 250 Å². The molecule has 6 fully saturated rings. The fourth-order valence-electron chi connectivity index (χ4n) is 19.7. The van der Waals surface area contributed by atoms with Crippen LogP contribution in [0, 0.1) is 41.4 Å². The Morgan fingerprint density at radius 1 is 0.362 bits per heavy atom. The molecule has 26 nitrogen and oxygen atoms in total. The van der Waals surface area contributed by atoms with Crippen LogP contribution in [0.15, 0.2) is 223 Å². The highest BCUT2D eigenvalue weighted by Crippen LogP contribution is 2.47. The first-order chi connectivity index (χ1) is 61.0. The van der Waals surface area contributed by atoms with E-state index in [1.165, 1.54) is 6.92 Å². The van der Waals surface area contributed by atoms with Crippen molar-refractivity contribution in [3.8, 4) is 0 Å². The molecule has 127 heavy (non-hydrogen) atoms. The van der Waals surface area contributed by atoms with E-state index in [0.717, 1.165) is 37.4 Å². The molecule has 1 N–H and O–H groups in total. The summed E-state index contributed by atoms with van der Waals surface area (Å²) in [6, 6.07) is 69.2. The third-order valence-corrected chi connectivity index (χ3v) is 36.9. The van der Waals surface area contributed by atoms with Crippen molar-refractivity contribution in [2.45, 2.75) is 289 Å². The van der Waals surface area contributed by atoms with E-state index in [1.807, 2.05) is 181 Å². The van der Waals surface area contributed by atoms with Crippen LogP contribution in [-0.4, -0.2) is 196 Å². The summed E-state index contributed by atoms with van der Waals surface area (Å²) in [4.78, 5) is 19.7. The fraction of sp³-hybridized carbons (Fsp3) is 0.566. The minimum atomic E-state index is -3.39. The molecule has 7 aromatic carbocycles. The summed E-state index contributed by atoms with van der Waals surface area (Å²) in [5.41, 5.74) is 24.2. The Kier molecular flexibility index (Phi) is 33.3. The Morgan fingerprint density at radius 2 is 0.654 bits per heavy atom. The zero-order valence-corrected chi connectivity index (χ0v) is 78.7. The largest absolute Gasteiger partial charge is 0.463 e. The molecule has 6 heterocycles. The van der Waals surface area contributed by atoms with Gasteiger partial charge in [0, 0.05) is 47.5 Å². The van der Waals surface area contributed by atoms with Gasteiger partial charge < -0.3 is 89.7 Å². The number of methoxy groups -OCH3 is 1. The lowest BCUT2D eigenvalue weighted by Gasteiger charge is -2.52. The number of hydrogen-bond acceptors (Lipinski definition) is 22. The number of rotatable bonds is 34. The van der Waals surface area contributed by atoms with E-state index in [1.54, 1.807) is 14.0 Å². The lowest BCUT2D eigenvalue weighted by Crippen LogP contribution is -2.68. The Bertz CT molecular complexity index is 4570. The highest BCUT2D eigenvalue weighted by Gasteiger charge is 2.60. The Morgan fingerprint density at radius 3 is 0.976 bits per heavy atom. The van der Waals surface area contributed by atoms with Gasteiger partial charge in [-0.05, 0) is 97.1 Å². The van der Waals surface area contributed by atoms with Crippen LogP contribution in [0.2, 0.25) is 10.1 Å². The SMILES string of the molecule is CO[C@H]1OC(CO[Si](c2ccccc2)(c2ccccc2)C(C)(C)C)[C@@H](O[C@@H]2OC(C)[C@H](O[C@H]3OC(CO[Si](c4ccccc4)(c4ccccc4)C(C)(C)C)[C@@H](O[C@@H]4OC(C)[C@H](O[C@@H]5OC(COC(C)=O)[C@@H](O[C@@H]6OC(C)[C@@H](O)[C@@H](OCc7ccccc7)C6C)[C@H](C)C5N=[N+]=[N-])[C@@H](OCc5ccccc5)C4C)[C@H](C)C3N=[N+]=[N-])[C@@H](OCc3ccccc3)C2C)[C@H](C)C1C. The second-order valence-electron chi connectivity index (χ2n) is 37.4. The molecule has 686 valence electrons. The topological polar surface area (TPSA) is 301 Å². The number of aliphatic hydroxyl groups is 1. The Hall–Kier alpha value is -7.66. The molecule has 12 unspecified atom stereocenters. The Balaban J connectivity index is 0.821. The summed E-state index contributed by atoms with van der Waals surface area (Å²) in [6.45, 7) is 34.8. The summed E-state index contributed by atoms with van der Waals surface area (Å²) >= 11 is 0. The number of esters is 1. The van der Waals surface area contributed by atoms with Crippen LogP contribution in [0.3, 0.4) is 0 Å². The highest BCUT2D eigenvalue weighted by atomic mass is 28.4. The van der Waals surface area contributed by atoms with E-state index in [4.69, 9.17) is 84.6 Å². The number of azide groups is 2. The maximum absolute atomic E-state index is 12.8. The fourth-order valence-corrected chi connectivity index (χ4v) is 28.8. The maximum Gasteiger partial charge on any atom is 0.302 e. The number of benzene rings is 7. The van der Waals surface area contributed by atoms with Crippen molar-refractivity contribution in [3.63, 3.8) is 0 Å². The van der Waals surface area contributed by atoms with Gasteiger partial charge in [0.1, 0.15) is 43.2 Å². The average Bonchev–Trinajstić information content (AvgIpc) is 0.744. The van der Waals surface area contributed by atoms with E-state index in [9.17, 15) is 21.0 Å². The molecule has 0 aromatic heterocycles. The van der Waals surface area contributed by atoms with Crippen molar-refractivity contribution in [1.29, 1.82) is 0 Å². The van der Waals surface area contributed by atoms with Gasteiger partial charge >= 0.3 is 5.97 Å². The van der Waals surface area contributed by atoms with Crippen molar-refractivity contribution >= 4 is 43.4 Å². The molecule has 30 atom stereocenters. The zero-order chi connectivity index (χ0) is 90.5. The van der Waals surface area contributed by atoms with Gasteiger partial charge in [0.25, 0.3) is 16.6 Å². The lowest BCUT2D eigenvalue weighted by molar-refractivity contribution is -0.370. The summed E-state index contributed by atoms with van der Waals surface area (Å²) in [5, 5.41) is 24.1. The third kappa shape index (κ3) is 21.9. The standard InChI is InChI=1S/C99H132N6O20Si2/c1-60-61(2)92(108-18)118-79(58-113-126(98(12,13)14,74-46-32-22-33-47-74)75-48-34-23-35-49-75)84(60)121-94-65(6)88(111-55-72-42-28-20-29-43-72)91(68(9)116-94)125-97-82(103-105-101)63(4)86(80(120-97)59-114-127(99(15,16)17,76-50-36-24-37-51-76)77-52-38-25-39-53-77)123-95-66(7)89(112-56-73-44-30-21-31-45-73)90(69(10)117-95)124-96-81(102-104-100)62(3)85(78(119-96)57-109-70(11)106)122-93-64(5)87(83(107)67(8)115-93)110-54-71-40-26-19-27-41-71/h19-53,60-69,78-97,107H,54-59H2,1-18H3/t60-,61?,62-,63-,64?,65?,66?,67?,68?,69?,78?,79?,80?,81?,82?,83-,84+,85+,86+,87+,88+,89+,90+,91+,92+,93+,94+,95+,96+,97-/m1/s1. The summed E-state index contributed by atoms with van der Waals surface area (Å²) in [5.74, 6) is -3.90. The predicted octanol–water partition coefficient (Wildman–Crippen LogP) is 15.6. The number of aliphatic hydroxyl groups excluding tert-OH is 1. The molecule has 7 aromatic rings. The maximum atomic E-state index is 12.8. The quantitative estimate of drug-likeness (QED) is 0.0129. The van der Waals surface area contributed by atoms with Crippen LogP contribution in [0.5, 0.6) is 0 Å². The minimum Gasteiger partial charge on any atom is -0.463 e. The van der Waals surface area contributed by atoms with Crippen molar-refractivity contribution in [1.82, 2.24) is 0 Å². The van der Waals surface area contributed by atoms with Crippen molar-refractivity contribution in [2.24, 2.45) is 51.7 Å². The van der Waals surface area contributed by atoms with Crippen molar-refractivity contribution < 1.29 is 94.5 Å². The monoisotopic (exact) mass is 1780 g/mol. The molecule has 0 aliphatic carbocycles. The molecule has 0 saturated carbocycles. The van der Waals surface area contributed by atoms with Gasteiger partial charge in [-0.3, -0.25) is 4.79 Å². The average molecular weight is 1780 g/mol. The Labute approximate surface area is 751 Å². The van der Waals surface area contributed by atoms with Gasteiger partial charge in [0.05, 0.1) is 100 Å². The highest BCUT2D eigenvalue weighted by molar-refractivity contribution is 7.00. The van der Waals surface area contributed by atoms with Gasteiger partial charge in [-0.15, -0.1) is 0 Å². The minimum absolute atomic E-state index is 0.0457. The first kappa shape index (κ1) is 96.9. The molecule has 0 amide bonds. The normalized spacial score (nSPS) is 33.9. The van der Waals surface area contributed by atoms with Crippen LogP contribution < -0.4 is 20.7 Å². The number of hydrogen-bond donors (Lipinski definition) is 1. The molecular weight excluding hydrogens is 1650 g/mol. The van der Waals surface area contributed by atoms with Gasteiger partial charge in [-0.1, -0.05) is 313 Å².